The number of rotatable bonds is 6. The molecule has 2 aromatic carbocycles. The minimum absolute atomic E-state index is 0.118. The van der Waals surface area contributed by atoms with E-state index in [4.69, 9.17) is 9.84 Å². The lowest BCUT2D eigenvalue weighted by atomic mass is 10.1. The third-order valence-electron chi connectivity index (χ3n) is 3.42. The van der Waals surface area contributed by atoms with Crippen LogP contribution in [0.1, 0.15) is 43.1 Å². The fourth-order valence-corrected chi connectivity index (χ4v) is 2.27. The molecule has 0 saturated carbocycles. The van der Waals surface area contributed by atoms with Gasteiger partial charge in [0.15, 0.2) is 0 Å². The number of amides is 1. The molecule has 0 spiro atoms. The SMILES string of the molecule is CC(C)(C)Oc1ccccc1NC(=O)CCc1ccc(C(=O)O)cc1. The summed E-state index contributed by atoms with van der Waals surface area (Å²) in [6.07, 6.45) is 0.838. The lowest BCUT2D eigenvalue weighted by Crippen LogP contribution is -2.24. The zero-order valence-electron chi connectivity index (χ0n) is 14.7. The Balaban J connectivity index is 1.95. The molecular formula is C20H23NO4. The van der Waals surface area contributed by atoms with E-state index in [2.05, 4.69) is 5.32 Å². The van der Waals surface area contributed by atoms with Crippen LogP contribution in [0.25, 0.3) is 0 Å². The lowest BCUT2D eigenvalue weighted by molar-refractivity contribution is -0.116. The van der Waals surface area contributed by atoms with Crippen molar-refractivity contribution >= 4 is 17.6 Å². The van der Waals surface area contributed by atoms with Crippen molar-refractivity contribution < 1.29 is 19.4 Å². The largest absolute Gasteiger partial charge is 0.486 e. The van der Waals surface area contributed by atoms with Gasteiger partial charge in [-0.1, -0.05) is 24.3 Å². The van der Waals surface area contributed by atoms with E-state index >= 15 is 0 Å². The number of carbonyl (C=O) groups is 2. The van der Waals surface area contributed by atoms with E-state index in [0.29, 0.717) is 24.3 Å². The van der Waals surface area contributed by atoms with E-state index in [-0.39, 0.29) is 17.1 Å². The first kappa shape index (κ1) is 18.5. The van der Waals surface area contributed by atoms with Gasteiger partial charge in [0, 0.05) is 6.42 Å². The fraction of sp³-hybridized carbons (Fsp3) is 0.300. The molecule has 0 aromatic heterocycles. The van der Waals surface area contributed by atoms with Gasteiger partial charge < -0.3 is 15.2 Å². The maximum Gasteiger partial charge on any atom is 0.335 e. The van der Waals surface area contributed by atoms with Gasteiger partial charge in [-0.15, -0.1) is 0 Å². The Morgan fingerprint density at radius 2 is 1.68 bits per heavy atom. The Morgan fingerprint density at radius 3 is 2.28 bits per heavy atom. The number of ether oxygens (including phenoxy) is 1. The van der Waals surface area contributed by atoms with Crippen LogP contribution in [0.2, 0.25) is 0 Å². The summed E-state index contributed by atoms with van der Waals surface area (Å²) in [5.41, 5.74) is 1.44. The maximum atomic E-state index is 12.2. The Bertz CT molecular complexity index is 745. The van der Waals surface area contributed by atoms with Gasteiger partial charge in [-0.25, -0.2) is 4.79 Å². The van der Waals surface area contributed by atoms with Crippen molar-refractivity contribution in [1.29, 1.82) is 0 Å². The molecule has 0 aliphatic carbocycles. The van der Waals surface area contributed by atoms with Crippen LogP contribution >= 0.6 is 0 Å². The molecule has 0 fully saturated rings. The van der Waals surface area contributed by atoms with Gasteiger partial charge in [0.25, 0.3) is 0 Å². The first-order valence-corrected chi connectivity index (χ1v) is 8.15. The molecule has 0 atom stereocenters. The van der Waals surface area contributed by atoms with Crippen LogP contribution in [0.5, 0.6) is 5.75 Å². The summed E-state index contributed by atoms with van der Waals surface area (Å²) in [5.74, 6) is -0.443. The number of aryl methyl sites for hydroxylation is 1. The molecule has 132 valence electrons. The third-order valence-corrected chi connectivity index (χ3v) is 3.42. The quantitative estimate of drug-likeness (QED) is 0.828. The van der Waals surface area contributed by atoms with Crippen LogP contribution in [0, 0.1) is 0 Å². The number of carbonyl (C=O) groups excluding carboxylic acids is 1. The molecular weight excluding hydrogens is 318 g/mol. The highest BCUT2D eigenvalue weighted by molar-refractivity contribution is 5.92. The van der Waals surface area contributed by atoms with Gasteiger partial charge in [-0.05, 0) is 57.0 Å². The van der Waals surface area contributed by atoms with Gasteiger partial charge in [0.1, 0.15) is 11.4 Å². The monoisotopic (exact) mass is 341 g/mol. The minimum atomic E-state index is -0.959. The van der Waals surface area contributed by atoms with Gasteiger partial charge in [-0.2, -0.15) is 0 Å². The molecule has 0 heterocycles. The minimum Gasteiger partial charge on any atom is -0.486 e. The van der Waals surface area contributed by atoms with E-state index < -0.39 is 5.97 Å². The maximum absolute atomic E-state index is 12.2. The summed E-state index contributed by atoms with van der Waals surface area (Å²) in [4.78, 5) is 23.1. The van der Waals surface area contributed by atoms with Crippen LogP contribution in [-0.2, 0) is 11.2 Å². The molecule has 5 heteroatoms. The van der Waals surface area contributed by atoms with Crippen molar-refractivity contribution in [2.75, 3.05) is 5.32 Å². The van der Waals surface area contributed by atoms with Crippen LogP contribution in [0.3, 0.4) is 0 Å². The standard InChI is InChI=1S/C20H23NO4/c1-20(2,3)25-17-7-5-4-6-16(17)21-18(22)13-10-14-8-11-15(12-9-14)19(23)24/h4-9,11-12H,10,13H2,1-3H3,(H,21,22)(H,23,24). The Labute approximate surface area is 147 Å². The predicted molar refractivity (Wildman–Crippen MR) is 97.2 cm³/mol. The first-order valence-electron chi connectivity index (χ1n) is 8.15. The number of para-hydroxylation sites is 2. The molecule has 0 unspecified atom stereocenters. The molecule has 0 saturated heterocycles. The highest BCUT2D eigenvalue weighted by atomic mass is 16.5. The number of benzene rings is 2. The third kappa shape index (κ3) is 5.95. The summed E-state index contributed by atoms with van der Waals surface area (Å²) in [6.45, 7) is 5.85. The van der Waals surface area contributed by atoms with Crippen molar-refractivity contribution in [3.63, 3.8) is 0 Å². The summed E-state index contributed by atoms with van der Waals surface area (Å²) in [6, 6.07) is 13.9. The molecule has 2 rings (SSSR count). The average molecular weight is 341 g/mol. The second-order valence-corrected chi connectivity index (χ2v) is 6.76. The number of carboxylic acid groups (broad SMARTS) is 1. The van der Waals surface area contributed by atoms with Gasteiger partial charge in [-0.3, -0.25) is 4.79 Å². The van der Waals surface area contributed by atoms with E-state index in [1.54, 1.807) is 30.3 Å². The molecule has 25 heavy (non-hydrogen) atoms. The Morgan fingerprint density at radius 1 is 1.04 bits per heavy atom. The van der Waals surface area contributed by atoms with Crippen molar-refractivity contribution in [3.05, 3.63) is 59.7 Å². The first-order chi connectivity index (χ1) is 11.7. The molecule has 5 nitrogen and oxygen atoms in total. The van der Waals surface area contributed by atoms with Crippen molar-refractivity contribution in [2.24, 2.45) is 0 Å². The highest BCUT2D eigenvalue weighted by Crippen LogP contribution is 2.27. The number of anilines is 1. The Kier molecular flexibility index (Phi) is 5.80. The van der Waals surface area contributed by atoms with Crippen LogP contribution in [0.15, 0.2) is 48.5 Å². The van der Waals surface area contributed by atoms with Crippen LogP contribution in [-0.4, -0.2) is 22.6 Å². The molecule has 0 bridgehead atoms. The zero-order valence-corrected chi connectivity index (χ0v) is 14.7. The highest BCUT2D eigenvalue weighted by Gasteiger charge is 2.15. The van der Waals surface area contributed by atoms with Gasteiger partial charge >= 0.3 is 5.97 Å². The molecule has 2 aromatic rings. The summed E-state index contributed by atoms with van der Waals surface area (Å²) >= 11 is 0. The van der Waals surface area contributed by atoms with E-state index in [1.807, 2.05) is 39.0 Å². The molecule has 2 N–H and O–H groups in total. The number of hydrogen-bond acceptors (Lipinski definition) is 3. The zero-order chi connectivity index (χ0) is 18.4. The smallest absolute Gasteiger partial charge is 0.335 e. The fourth-order valence-electron chi connectivity index (χ4n) is 2.27. The van der Waals surface area contributed by atoms with E-state index in [9.17, 15) is 9.59 Å². The van der Waals surface area contributed by atoms with Crippen molar-refractivity contribution in [2.45, 2.75) is 39.2 Å². The van der Waals surface area contributed by atoms with Crippen LogP contribution in [0.4, 0.5) is 5.69 Å². The van der Waals surface area contributed by atoms with Gasteiger partial charge in [0.2, 0.25) is 5.91 Å². The summed E-state index contributed by atoms with van der Waals surface area (Å²) < 4.78 is 5.86. The summed E-state index contributed by atoms with van der Waals surface area (Å²) in [7, 11) is 0. The predicted octanol–water partition coefficient (Wildman–Crippen LogP) is 4.13. The number of nitrogens with one attached hydrogen (secondary N) is 1. The second kappa shape index (κ2) is 7.83. The normalized spacial score (nSPS) is 11.0. The lowest BCUT2D eigenvalue weighted by Gasteiger charge is -2.23. The number of aromatic carboxylic acids is 1. The van der Waals surface area contributed by atoms with Crippen LogP contribution < -0.4 is 10.1 Å². The average Bonchev–Trinajstić information content (AvgIpc) is 2.54. The van der Waals surface area contributed by atoms with E-state index in [0.717, 1.165) is 5.56 Å². The summed E-state index contributed by atoms with van der Waals surface area (Å²) in [5, 5.41) is 11.8. The number of carboxylic acids is 1. The molecule has 1 amide bonds. The Hall–Kier alpha value is -2.82. The molecule has 0 aliphatic rings. The van der Waals surface area contributed by atoms with E-state index in [1.165, 1.54) is 0 Å². The number of hydrogen-bond donors (Lipinski definition) is 2. The second-order valence-electron chi connectivity index (χ2n) is 6.76. The topological polar surface area (TPSA) is 75.6 Å². The van der Waals surface area contributed by atoms with Crippen molar-refractivity contribution in [1.82, 2.24) is 0 Å². The molecule has 0 aliphatic heterocycles. The molecule has 0 radical (unpaired) electrons. The van der Waals surface area contributed by atoms with Crippen molar-refractivity contribution in [3.8, 4) is 5.75 Å². The van der Waals surface area contributed by atoms with Gasteiger partial charge in [0.05, 0.1) is 11.3 Å².